The lowest BCUT2D eigenvalue weighted by Gasteiger charge is -2.13. The number of thiocarbonyl (C=S) groups is 1. The van der Waals surface area contributed by atoms with Crippen molar-refractivity contribution in [1.29, 1.82) is 0 Å². The molecule has 9 heteroatoms. The fourth-order valence-electron chi connectivity index (χ4n) is 2.99. The van der Waals surface area contributed by atoms with Crippen LogP contribution in [0.1, 0.15) is 61.4 Å². The maximum Gasteiger partial charge on any atom is 0.261 e. The summed E-state index contributed by atoms with van der Waals surface area (Å²) in [5.41, 5.74) is 6.19. The highest BCUT2D eigenvalue weighted by molar-refractivity contribution is 7.80. The molecule has 0 saturated carbocycles. The number of ether oxygens (including phenoxy) is 1. The highest BCUT2D eigenvalue weighted by Gasteiger charge is 2.14. The Balaban J connectivity index is 1.68. The summed E-state index contributed by atoms with van der Waals surface area (Å²) in [6.45, 7) is 3.07. The van der Waals surface area contributed by atoms with Crippen molar-refractivity contribution in [3.05, 3.63) is 65.7 Å². The number of para-hydroxylation sites is 1. The van der Waals surface area contributed by atoms with E-state index in [-0.39, 0.29) is 23.9 Å². The number of unbranched alkanes of at least 4 members (excludes halogenated alkanes) is 3. The van der Waals surface area contributed by atoms with E-state index in [9.17, 15) is 14.4 Å². The number of carbonyl (C=O) groups is 3. The lowest BCUT2D eigenvalue weighted by molar-refractivity contribution is -0.126. The van der Waals surface area contributed by atoms with Gasteiger partial charge in [-0.15, -0.1) is 0 Å². The third kappa shape index (κ3) is 10.4. The number of carbonyl (C=O) groups excluding carboxylic acids is 3. The summed E-state index contributed by atoms with van der Waals surface area (Å²) in [6, 6.07) is 16.4. The molecule has 2 aromatic rings. The van der Waals surface area contributed by atoms with Crippen LogP contribution in [0.4, 0.5) is 0 Å². The molecule has 8 nitrogen and oxygen atoms in total. The Labute approximate surface area is 205 Å². The van der Waals surface area contributed by atoms with Crippen molar-refractivity contribution >= 4 is 35.1 Å². The van der Waals surface area contributed by atoms with E-state index < -0.39 is 11.8 Å². The van der Waals surface area contributed by atoms with Crippen molar-refractivity contribution in [2.24, 2.45) is 0 Å². The van der Waals surface area contributed by atoms with Gasteiger partial charge in [-0.3, -0.25) is 30.6 Å². The van der Waals surface area contributed by atoms with E-state index in [4.69, 9.17) is 17.0 Å². The fraction of sp³-hybridized carbons (Fsp3) is 0.360. The minimum absolute atomic E-state index is 0.0289. The van der Waals surface area contributed by atoms with Gasteiger partial charge in [0.05, 0.1) is 12.2 Å². The van der Waals surface area contributed by atoms with E-state index in [1.807, 2.05) is 30.3 Å². The summed E-state index contributed by atoms with van der Waals surface area (Å²) in [7, 11) is 0. The minimum atomic E-state index is -0.448. The van der Waals surface area contributed by atoms with Crippen molar-refractivity contribution in [1.82, 2.24) is 21.5 Å². The smallest absolute Gasteiger partial charge is 0.261 e. The molecule has 0 atom stereocenters. The predicted octanol–water partition coefficient (Wildman–Crippen LogP) is 3.38. The molecule has 2 rings (SSSR count). The molecule has 0 fully saturated rings. The molecular weight excluding hydrogens is 452 g/mol. The van der Waals surface area contributed by atoms with Gasteiger partial charge in [0.2, 0.25) is 11.8 Å². The molecule has 0 heterocycles. The Morgan fingerprint density at radius 1 is 0.853 bits per heavy atom. The molecule has 0 aromatic heterocycles. The first-order valence-corrected chi connectivity index (χ1v) is 11.8. The van der Waals surface area contributed by atoms with Crippen LogP contribution in [-0.4, -0.2) is 29.4 Å². The first-order chi connectivity index (χ1) is 16.5. The van der Waals surface area contributed by atoms with Crippen LogP contribution in [0.25, 0.3) is 0 Å². The predicted molar refractivity (Wildman–Crippen MR) is 135 cm³/mol. The molecule has 0 aliphatic carbocycles. The van der Waals surface area contributed by atoms with E-state index >= 15 is 0 Å². The molecule has 0 unspecified atom stereocenters. The maximum atomic E-state index is 12.6. The van der Waals surface area contributed by atoms with Crippen LogP contribution in [0.15, 0.2) is 54.6 Å². The van der Waals surface area contributed by atoms with Crippen LogP contribution >= 0.6 is 12.2 Å². The lowest BCUT2D eigenvalue weighted by Crippen LogP contribution is -2.48. The second kappa shape index (κ2) is 15.4. The Kier molecular flexibility index (Phi) is 12.1. The first-order valence-electron chi connectivity index (χ1n) is 11.4. The van der Waals surface area contributed by atoms with Gasteiger partial charge < -0.3 is 10.1 Å². The van der Waals surface area contributed by atoms with E-state index in [2.05, 4.69) is 28.4 Å². The number of nitrogens with one attached hydrogen (secondary N) is 4. The van der Waals surface area contributed by atoms with Gasteiger partial charge in [-0.25, -0.2) is 0 Å². The van der Waals surface area contributed by atoms with Gasteiger partial charge in [-0.05, 0) is 36.3 Å². The largest absolute Gasteiger partial charge is 0.493 e. The summed E-state index contributed by atoms with van der Waals surface area (Å²) < 4.78 is 5.75. The van der Waals surface area contributed by atoms with E-state index in [0.717, 1.165) is 31.2 Å². The third-order valence-electron chi connectivity index (χ3n) is 4.84. The second-order valence-corrected chi connectivity index (χ2v) is 8.03. The number of hydrazine groups is 1. The van der Waals surface area contributed by atoms with Gasteiger partial charge in [0.1, 0.15) is 5.75 Å². The van der Waals surface area contributed by atoms with Crippen LogP contribution in [0.2, 0.25) is 0 Å². The third-order valence-corrected chi connectivity index (χ3v) is 5.05. The fourth-order valence-corrected chi connectivity index (χ4v) is 3.14. The molecule has 2 aromatic carbocycles. The molecule has 182 valence electrons. The normalized spacial score (nSPS) is 10.1. The number of hydrogen-bond acceptors (Lipinski definition) is 5. The van der Waals surface area contributed by atoms with Gasteiger partial charge in [0.15, 0.2) is 5.11 Å². The number of amides is 3. The SMILES string of the molecule is CCCCCCOc1ccccc1C(=O)NC(=S)NNC(=O)CCC(=O)NCc1ccccc1. The highest BCUT2D eigenvalue weighted by Crippen LogP contribution is 2.18. The molecule has 0 radical (unpaired) electrons. The standard InChI is InChI=1S/C25H32N4O4S/c1-2-3-4-10-17-33-21-14-9-8-13-20(21)24(32)27-25(34)29-28-23(31)16-15-22(30)26-18-19-11-6-5-7-12-19/h5-9,11-14H,2-4,10,15-18H2,1H3,(H,26,30)(H,28,31)(H2,27,29,32,34). The monoisotopic (exact) mass is 484 g/mol. The van der Waals surface area contributed by atoms with Gasteiger partial charge in [0, 0.05) is 19.4 Å². The Morgan fingerprint density at radius 2 is 1.56 bits per heavy atom. The quantitative estimate of drug-likeness (QED) is 0.209. The van der Waals surface area contributed by atoms with E-state index in [1.165, 1.54) is 0 Å². The van der Waals surface area contributed by atoms with E-state index in [1.54, 1.807) is 24.3 Å². The van der Waals surface area contributed by atoms with Crippen molar-refractivity contribution in [3.8, 4) is 5.75 Å². The highest BCUT2D eigenvalue weighted by atomic mass is 32.1. The lowest BCUT2D eigenvalue weighted by atomic mass is 10.2. The molecule has 0 aliphatic rings. The molecular formula is C25H32N4O4S. The van der Waals surface area contributed by atoms with Crippen LogP contribution in [-0.2, 0) is 16.1 Å². The molecule has 3 amide bonds. The minimum Gasteiger partial charge on any atom is -0.493 e. The van der Waals surface area contributed by atoms with Gasteiger partial charge >= 0.3 is 0 Å². The zero-order chi connectivity index (χ0) is 24.6. The van der Waals surface area contributed by atoms with Crippen molar-refractivity contribution in [2.75, 3.05) is 6.61 Å². The molecule has 4 N–H and O–H groups in total. The molecule has 34 heavy (non-hydrogen) atoms. The topological polar surface area (TPSA) is 109 Å². The van der Waals surface area contributed by atoms with E-state index in [0.29, 0.717) is 24.5 Å². The summed E-state index contributed by atoms with van der Waals surface area (Å²) in [6.07, 6.45) is 4.28. The number of rotatable bonds is 12. The average Bonchev–Trinajstić information content (AvgIpc) is 2.85. The zero-order valence-electron chi connectivity index (χ0n) is 19.4. The summed E-state index contributed by atoms with van der Waals surface area (Å²) >= 11 is 5.08. The average molecular weight is 485 g/mol. The summed E-state index contributed by atoms with van der Waals surface area (Å²) in [4.78, 5) is 36.5. The van der Waals surface area contributed by atoms with Crippen LogP contribution in [0, 0.1) is 0 Å². The van der Waals surface area contributed by atoms with Crippen LogP contribution < -0.4 is 26.2 Å². The van der Waals surface area contributed by atoms with Gasteiger partial charge in [-0.2, -0.15) is 0 Å². The van der Waals surface area contributed by atoms with Crippen molar-refractivity contribution in [3.63, 3.8) is 0 Å². The van der Waals surface area contributed by atoms with Crippen LogP contribution in [0.3, 0.4) is 0 Å². The van der Waals surface area contributed by atoms with Crippen molar-refractivity contribution < 1.29 is 19.1 Å². The molecule has 0 bridgehead atoms. The Hall–Kier alpha value is -3.46. The van der Waals surface area contributed by atoms with Gasteiger partial charge in [0.25, 0.3) is 5.91 Å². The molecule has 0 aliphatic heterocycles. The second-order valence-electron chi connectivity index (χ2n) is 7.62. The maximum absolute atomic E-state index is 12.6. The Morgan fingerprint density at radius 3 is 2.32 bits per heavy atom. The summed E-state index contributed by atoms with van der Waals surface area (Å²) in [5.74, 6) is -0.635. The molecule has 0 spiro atoms. The van der Waals surface area contributed by atoms with Crippen molar-refractivity contribution in [2.45, 2.75) is 52.0 Å². The number of hydrogen-bond donors (Lipinski definition) is 4. The van der Waals surface area contributed by atoms with Gasteiger partial charge in [-0.1, -0.05) is 68.7 Å². The Bertz CT molecular complexity index is 953. The summed E-state index contributed by atoms with van der Waals surface area (Å²) in [5, 5.41) is 5.21. The first kappa shape index (κ1) is 26.8. The van der Waals surface area contributed by atoms with Crippen LogP contribution in [0.5, 0.6) is 5.75 Å². The molecule has 0 saturated heterocycles. The number of benzene rings is 2. The zero-order valence-corrected chi connectivity index (χ0v) is 20.2.